The molecule has 1 heterocycles. The monoisotopic (exact) mass is 323 g/mol. The largest absolute Gasteiger partial charge is 0.416 e. The first kappa shape index (κ1) is 15.6. The third-order valence-corrected chi connectivity index (χ3v) is 3.94. The molecule has 23 heavy (non-hydrogen) atoms. The third kappa shape index (κ3) is 3.91. The lowest BCUT2D eigenvalue weighted by Crippen LogP contribution is -2.27. The number of nitrogens with one attached hydrogen (secondary N) is 1. The number of imidazole rings is 1. The smallest absolute Gasteiger partial charge is 0.353 e. The normalized spacial score (nSPS) is 20.3. The van der Waals surface area contributed by atoms with Gasteiger partial charge in [0.1, 0.15) is 0 Å². The minimum absolute atomic E-state index is 0.0329. The van der Waals surface area contributed by atoms with Gasteiger partial charge < -0.3 is 9.88 Å². The maximum atomic E-state index is 12.7. The van der Waals surface area contributed by atoms with Crippen molar-refractivity contribution < 1.29 is 18.0 Å². The zero-order chi connectivity index (χ0) is 16.4. The van der Waals surface area contributed by atoms with Gasteiger partial charge in [0.15, 0.2) is 0 Å². The Morgan fingerprint density at radius 1 is 1.39 bits per heavy atom. The van der Waals surface area contributed by atoms with Crippen LogP contribution in [0.4, 0.5) is 13.2 Å². The van der Waals surface area contributed by atoms with Gasteiger partial charge in [-0.2, -0.15) is 13.2 Å². The van der Waals surface area contributed by atoms with Crippen molar-refractivity contribution in [2.24, 2.45) is 0 Å². The molecule has 1 saturated carbocycles. The highest BCUT2D eigenvalue weighted by Gasteiger charge is 2.40. The summed E-state index contributed by atoms with van der Waals surface area (Å²) in [5.74, 6) is -0.132. The van der Waals surface area contributed by atoms with Crippen LogP contribution in [0.3, 0.4) is 0 Å². The molecule has 1 aromatic heterocycles. The van der Waals surface area contributed by atoms with Crippen LogP contribution in [0.5, 0.6) is 0 Å². The van der Waals surface area contributed by atoms with Gasteiger partial charge in [-0.3, -0.25) is 4.79 Å². The van der Waals surface area contributed by atoms with Crippen molar-refractivity contribution in [3.63, 3.8) is 0 Å². The predicted molar refractivity (Wildman–Crippen MR) is 77.6 cm³/mol. The van der Waals surface area contributed by atoms with Crippen molar-refractivity contribution >= 4 is 5.91 Å². The first-order valence-electron chi connectivity index (χ1n) is 7.36. The number of benzene rings is 1. The highest BCUT2D eigenvalue weighted by molar-refractivity contribution is 5.76. The number of amides is 1. The molecule has 4 nitrogen and oxygen atoms in total. The highest BCUT2D eigenvalue weighted by atomic mass is 19.4. The number of alkyl halides is 3. The van der Waals surface area contributed by atoms with E-state index in [0.29, 0.717) is 24.9 Å². The van der Waals surface area contributed by atoms with E-state index in [-0.39, 0.29) is 17.9 Å². The Bertz CT molecular complexity index is 682. The molecule has 0 unspecified atom stereocenters. The summed E-state index contributed by atoms with van der Waals surface area (Å²) in [6, 6.07) is 5.24. The van der Waals surface area contributed by atoms with Crippen LogP contribution in [0.2, 0.25) is 0 Å². The van der Waals surface area contributed by atoms with Crippen molar-refractivity contribution in [1.29, 1.82) is 0 Å². The van der Waals surface area contributed by atoms with E-state index in [9.17, 15) is 18.0 Å². The quantitative estimate of drug-likeness (QED) is 0.919. The third-order valence-electron chi connectivity index (χ3n) is 3.94. The summed E-state index contributed by atoms with van der Waals surface area (Å²) in [7, 11) is 0. The Morgan fingerprint density at radius 3 is 2.91 bits per heavy atom. The summed E-state index contributed by atoms with van der Waals surface area (Å²) in [4.78, 5) is 15.8. The maximum absolute atomic E-state index is 12.7. The average molecular weight is 323 g/mol. The van der Waals surface area contributed by atoms with Gasteiger partial charge in [-0.25, -0.2) is 4.98 Å². The van der Waals surface area contributed by atoms with E-state index in [0.717, 1.165) is 6.07 Å². The average Bonchev–Trinajstić information content (AvgIpc) is 3.06. The van der Waals surface area contributed by atoms with Crippen LogP contribution in [-0.2, 0) is 17.5 Å². The molecule has 122 valence electrons. The van der Waals surface area contributed by atoms with Crippen LogP contribution >= 0.6 is 0 Å². The lowest BCUT2D eigenvalue weighted by atomic mass is 10.1. The number of hydrogen-bond acceptors (Lipinski definition) is 2. The number of carbonyl (C=O) groups excluding carboxylic acids is 1. The molecule has 0 saturated heterocycles. The zero-order valence-electron chi connectivity index (χ0n) is 12.3. The number of rotatable bonds is 5. The summed E-state index contributed by atoms with van der Waals surface area (Å²) in [5, 5.41) is 2.87. The number of halogens is 3. The molecule has 7 heteroatoms. The summed E-state index contributed by atoms with van der Waals surface area (Å²) >= 11 is 0. The van der Waals surface area contributed by atoms with Gasteiger partial charge >= 0.3 is 6.18 Å². The molecule has 1 aliphatic rings. The van der Waals surface area contributed by atoms with E-state index in [1.54, 1.807) is 29.4 Å². The van der Waals surface area contributed by atoms with Gasteiger partial charge in [0, 0.05) is 37.3 Å². The Hall–Kier alpha value is -2.31. The van der Waals surface area contributed by atoms with E-state index in [4.69, 9.17) is 0 Å². The van der Waals surface area contributed by atoms with E-state index in [1.807, 2.05) is 0 Å². The fourth-order valence-corrected chi connectivity index (χ4v) is 2.60. The van der Waals surface area contributed by atoms with E-state index in [1.165, 1.54) is 12.1 Å². The molecule has 0 aliphatic heterocycles. The molecule has 1 fully saturated rings. The number of aryl methyl sites for hydroxylation is 1. The molecule has 1 amide bonds. The van der Waals surface area contributed by atoms with Crippen molar-refractivity contribution in [2.75, 3.05) is 0 Å². The first-order chi connectivity index (χ1) is 10.9. The lowest BCUT2D eigenvalue weighted by Gasteiger charge is -2.09. The molecular formula is C16H16F3N3O. The number of aromatic nitrogens is 2. The fourth-order valence-electron chi connectivity index (χ4n) is 2.60. The van der Waals surface area contributed by atoms with Gasteiger partial charge in [0.2, 0.25) is 5.91 Å². The standard InChI is InChI=1S/C16H16F3N3O/c17-16(18,19)12-3-1-2-11(8-12)13-9-14(13)21-15(23)4-6-22-7-5-20-10-22/h1-3,5,7-8,10,13-14H,4,6,9H2,(H,21,23)/t13-,14+/m0/s1. The Balaban J connectivity index is 1.52. The molecule has 2 atom stereocenters. The Morgan fingerprint density at radius 2 is 2.22 bits per heavy atom. The molecule has 1 aromatic carbocycles. The molecule has 1 aliphatic carbocycles. The topological polar surface area (TPSA) is 46.9 Å². The Labute approximate surface area is 131 Å². The second-order valence-corrected chi connectivity index (χ2v) is 5.69. The van der Waals surface area contributed by atoms with E-state index in [2.05, 4.69) is 10.3 Å². The fraction of sp³-hybridized carbons (Fsp3) is 0.375. The zero-order valence-corrected chi connectivity index (χ0v) is 12.3. The van der Waals surface area contributed by atoms with Gasteiger partial charge in [-0.15, -0.1) is 0 Å². The SMILES string of the molecule is O=C(CCn1ccnc1)N[C@@H]1C[C@H]1c1cccc(C(F)(F)F)c1. The minimum atomic E-state index is -4.34. The molecular weight excluding hydrogens is 307 g/mol. The van der Waals surface area contributed by atoms with Crippen LogP contribution in [0.1, 0.15) is 29.9 Å². The van der Waals surface area contributed by atoms with Crippen LogP contribution in [0.15, 0.2) is 43.0 Å². The number of nitrogens with zero attached hydrogens (tertiary/aromatic N) is 2. The summed E-state index contributed by atoms with van der Waals surface area (Å²) in [6.07, 6.45) is 1.71. The summed E-state index contributed by atoms with van der Waals surface area (Å²) < 4.78 is 40.0. The molecule has 0 spiro atoms. The van der Waals surface area contributed by atoms with Crippen LogP contribution in [-0.4, -0.2) is 21.5 Å². The lowest BCUT2D eigenvalue weighted by molar-refractivity contribution is -0.137. The highest BCUT2D eigenvalue weighted by Crippen LogP contribution is 2.42. The van der Waals surface area contributed by atoms with Gasteiger partial charge in [-0.05, 0) is 18.1 Å². The van der Waals surface area contributed by atoms with Gasteiger partial charge in [0.05, 0.1) is 11.9 Å². The maximum Gasteiger partial charge on any atom is 0.416 e. The molecule has 1 N–H and O–H groups in total. The second-order valence-electron chi connectivity index (χ2n) is 5.69. The van der Waals surface area contributed by atoms with Crippen molar-refractivity contribution in [1.82, 2.24) is 14.9 Å². The van der Waals surface area contributed by atoms with Crippen molar-refractivity contribution in [3.8, 4) is 0 Å². The van der Waals surface area contributed by atoms with Gasteiger partial charge in [-0.1, -0.05) is 18.2 Å². The van der Waals surface area contributed by atoms with Crippen LogP contribution < -0.4 is 5.32 Å². The van der Waals surface area contributed by atoms with E-state index < -0.39 is 11.7 Å². The minimum Gasteiger partial charge on any atom is -0.353 e. The molecule has 2 aromatic rings. The van der Waals surface area contributed by atoms with Crippen LogP contribution in [0.25, 0.3) is 0 Å². The predicted octanol–water partition coefficient (Wildman–Crippen LogP) is 2.96. The number of carbonyl (C=O) groups is 1. The molecule has 0 bridgehead atoms. The van der Waals surface area contributed by atoms with Crippen LogP contribution in [0, 0.1) is 0 Å². The van der Waals surface area contributed by atoms with Gasteiger partial charge in [0.25, 0.3) is 0 Å². The molecule has 0 radical (unpaired) electrons. The second kappa shape index (κ2) is 6.06. The Kier molecular flexibility index (Phi) is 4.11. The van der Waals surface area contributed by atoms with E-state index >= 15 is 0 Å². The van der Waals surface area contributed by atoms with Crippen molar-refractivity contribution in [2.45, 2.75) is 37.5 Å². The summed E-state index contributed by atoms with van der Waals surface area (Å²) in [6.45, 7) is 0.535. The first-order valence-corrected chi connectivity index (χ1v) is 7.36. The van der Waals surface area contributed by atoms with Crippen molar-refractivity contribution in [3.05, 3.63) is 54.1 Å². The number of hydrogen-bond donors (Lipinski definition) is 1. The molecule has 3 rings (SSSR count). The summed E-state index contributed by atoms with van der Waals surface area (Å²) in [5.41, 5.74) is -0.0215.